The number of aliphatic hydroxyl groups is 6. The standard InChI is InChI=1S/C41H50O13/c42-15-23-49-21-13-33-37(53-27-19-46)11-9-35(39(33)29-1-5-31(6-2-29)51-25-17-44)41(48)36-10-12-38(54-28-20-47)34(14-22-50-24-16-43)40(36)30-3-7-32(8-4-30)52-26-18-45/h1-12,42-47H,13-28H2. The summed E-state index contributed by atoms with van der Waals surface area (Å²) in [4.78, 5) is 15.2. The zero-order valence-electron chi connectivity index (χ0n) is 30.3. The molecular weight excluding hydrogens is 700 g/mol. The molecule has 54 heavy (non-hydrogen) atoms. The summed E-state index contributed by atoms with van der Waals surface area (Å²) >= 11 is 0. The molecule has 0 heterocycles. The lowest BCUT2D eigenvalue weighted by Crippen LogP contribution is -2.14. The molecule has 0 aliphatic heterocycles. The Hall–Kier alpha value is -4.57. The first-order valence-corrected chi connectivity index (χ1v) is 17.9. The predicted molar refractivity (Wildman–Crippen MR) is 201 cm³/mol. The van der Waals surface area contributed by atoms with Gasteiger partial charge in [0.15, 0.2) is 5.78 Å². The molecule has 0 unspecified atom stereocenters. The van der Waals surface area contributed by atoms with E-state index >= 15 is 4.79 Å². The maximum Gasteiger partial charge on any atom is 0.194 e. The van der Waals surface area contributed by atoms with Crippen LogP contribution in [-0.4, -0.2) is 129 Å². The fourth-order valence-corrected chi connectivity index (χ4v) is 5.96. The van der Waals surface area contributed by atoms with E-state index in [4.69, 9.17) is 28.4 Å². The highest BCUT2D eigenvalue weighted by molar-refractivity contribution is 6.17. The average molecular weight is 751 g/mol. The van der Waals surface area contributed by atoms with Gasteiger partial charge in [0.2, 0.25) is 0 Å². The van der Waals surface area contributed by atoms with Gasteiger partial charge in [-0.15, -0.1) is 0 Å². The molecule has 6 N–H and O–H groups in total. The van der Waals surface area contributed by atoms with E-state index in [2.05, 4.69) is 0 Å². The van der Waals surface area contributed by atoms with Crippen molar-refractivity contribution in [2.45, 2.75) is 12.8 Å². The Bertz CT molecular complexity index is 1580. The summed E-state index contributed by atoms with van der Waals surface area (Å²) in [6.45, 7) is -0.124. The molecule has 4 aromatic carbocycles. The summed E-state index contributed by atoms with van der Waals surface area (Å²) in [6, 6.07) is 21.0. The molecule has 0 bridgehead atoms. The van der Waals surface area contributed by atoms with E-state index in [1.807, 2.05) is 24.3 Å². The molecule has 0 spiro atoms. The summed E-state index contributed by atoms with van der Waals surface area (Å²) in [7, 11) is 0. The first-order chi connectivity index (χ1) is 26.5. The third kappa shape index (κ3) is 11.7. The van der Waals surface area contributed by atoms with Gasteiger partial charge in [-0.25, -0.2) is 0 Å². The van der Waals surface area contributed by atoms with Crippen molar-refractivity contribution in [2.24, 2.45) is 0 Å². The minimum absolute atomic E-state index is 0.0182. The summed E-state index contributed by atoms with van der Waals surface area (Å²) in [5, 5.41) is 56.4. The Morgan fingerprint density at radius 1 is 0.407 bits per heavy atom. The lowest BCUT2D eigenvalue weighted by Gasteiger charge is -2.22. The van der Waals surface area contributed by atoms with Crippen LogP contribution >= 0.6 is 0 Å². The van der Waals surface area contributed by atoms with Gasteiger partial charge in [0.1, 0.15) is 49.4 Å². The molecule has 4 rings (SSSR count). The van der Waals surface area contributed by atoms with Crippen LogP contribution in [0.1, 0.15) is 27.0 Å². The van der Waals surface area contributed by atoms with Gasteiger partial charge in [0.25, 0.3) is 0 Å². The topological polar surface area (TPSA) is 194 Å². The molecule has 4 aromatic rings. The van der Waals surface area contributed by atoms with Gasteiger partial charge in [-0.2, -0.15) is 0 Å². The molecular formula is C41H50O13. The number of ketones is 1. The van der Waals surface area contributed by atoms with Crippen molar-refractivity contribution in [3.05, 3.63) is 95.1 Å². The van der Waals surface area contributed by atoms with Crippen molar-refractivity contribution in [3.63, 3.8) is 0 Å². The molecule has 0 atom stereocenters. The van der Waals surface area contributed by atoms with Crippen LogP contribution < -0.4 is 18.9 Å². The fourth-order valence-electron chi connectivity index (χ4n) is 5.96. The highest BCUT2D eigenvalue weighted by atomic mass is 16.5. The predicted octanol–water partition coefficient (Wildman–Crippen LogP) is 2.84. The van der Waals surface area contributed by atoms with Gasteiger partial charge in [-0.05, 0) is 70.8 Å². The third-order valence-corrected chi connectivity index (χ3v) is 8.20. The SMILES string of the molecule is O=C(c1ccc(OCCO)c(CCOCCO)c1-c1ccc(OCCO)cc1)c1ccc(OCCO)c(CCOCCO)c1-c1ccc(OCCO)cc1. The molecule has 13 nitrogen and oxygen atoms in total. The van der Waals surface area contributed by atoms with Crippen LogP contribution in [0.4, 0.5) is 0 Å². The number of benzene rings is 4. The summed E-state index contributed by atoms with van der Waals surface area (Å²) in [6.07, 6.45) is 0.618. The van der Waals surface area contributed by atoms with Gasteiger partial charge in [0.05, 0.1) is 66.1 Å². The van der Waals surface area contributed by atoms with E-state index in [1.54, 1.807) is 48.5 Å². The van der Waals surface area contributed by atoms with E-state index in [9.17, 15) is 30.6 Å². The highest BCUT2D eigenvalue weighted by Crippen LogP contribution is 2.41. The van der Waals surface area contributed by atoms with Crippen LogP contribution in [0.2, 0.25) is 0 Å². The van der Waals surface area contributed by atoms with Crippen LogP contribution in [0.5, 0.6) is 23.0 Å². The van der Waals surface area contributed by atoms with Crippen molar-refractivity contribution in [1.82, 2.24) is 0 Å². The Morgan fingerprint density at radius 2 is 0.759 bits per heavy atom. The number of rotatable bonds is 26. The van der Waals surface area contributed by atoms with Gasteiger partial charge in [-0.1, -0.05) is 24.3 Å². The van der Waals surface area contributed by atoms with E-state index in [0.717, 1.165) is 0 Å². The molecule has 0 fully saturated rings. The quantitative estimate of drug-likeness (QED) is 0.0406. The number of aliphatic hydroxyl groups excluding tert-OH is 6. The second-order valence-corrected chi connectivity index (χ2v) is 11.8. The van der Waals surface area contributed by atoms with Crippen LogP contribution in [0.3, 0.4) is 0 Å². The molecule has 0 saturated carbocycles. The molecule has 0 radical (unpaired) electrons. The van der Waals surface area contributed by atoms with Crippen molar-refractivity contribution in [3.8, 4) is 45.3 Å². The Kier molecular flexibility index (Phi) is 18.2. The number of ether oxygens (including phenoxy) is 6. The highest BCUT2D eigenvalue weighted by Gasteiger charge is 2.26. The summed E-state index contributed by atoms with van der Waals surface area (Å²) < 4.78 is 34.4. The molecule has 0 amide bonds. The third-order valence-electron chi connectivity index (χ3n) is 8.20. The number of carbonyl (C=O) groups is 1. The first-order valence-electron chi connectivity index (χ1n) is 17.9. The summed E-state index contributed by atoms with van der Waals surface area (Å²) in [5.41, 5.74) is 4.51. The monoisotopic (exact) mass is 750 g/mol. The molecule has 292 valence electrons. The van der Waals surface area contributed by atoms with Crippen molar-refractivity contribution in [2.75, 3.05) is 92.5 Å². The summed E-state index contributed by atoms with van der Waals surface area (Å²) in [5.74, 6) is 1.65. The Morgan fingerprint density at radius 3 is 1.11 bits per heavy atom. The minimum atomic E-state index is -0.321. The fraction of sp³-hybridized carbons (Fsp3) is 0.390. The van der Waals surface area contributed by atoms with Gasteiger partial charge in [-0.3, -0.25) is 4.79 Å². The minimum Gasteiger partial charge on any atom is -0.491 e. The maximum absolute atomic E-state index is 15.2. The van der Waals surface area contributed by atoms with Crippen LogP contribution in [0.15, 0.2) is 72.8 Å². The molecule has 0 aliphatic rings. The largest absolute Gasteiger partial charge is 0.491 e. The number of hydrogen-bond donors (Lipinski definition) is 6. The van der Waals surface area contributed by atoms with Crippen LogP contribution in [0, 0.1) is 0 Å². The molecule has 0 saturated heterocycles. The molecule has 13 heteroatoms. The van der Waals surface area contributed by atoms with Crippen molar-refractivity contribution < 1.29 is 63.9 Å². The molecule has 0 aliphatic carbocycles. The average Bonchev–Trinajstić information content (AvgIpc) is 3.21. The van der Waals surface area contributed by atoms with Gasteiger partial charge in [0, 0.05) is 35.1 Å². The zero-order valence-corrected chi connectivity index (χ0v) is 30.3. The smallest absolute Gasteiger partial charge is 0.194 e. The van der Waals surface area contributed by atoms with Gasteiger partial charge >= 0.3 is 0 Å². The zero-order chi connectivity index (χ0) is 38.5. The van der Waals surface area contributed by atoms with Gasteiger partial charge < -0.3 is 59.1 Å². The first kappa shape index (κ1) is 42.2. The normalized spacial score (nSPS) is 11.1. The van der Waals surface area contributed by atoms with Crippen molar-refractivity contribution >= 4 is 5.78 Å². The Labute approximate surface area is 314 Å². The van der Waals surface area contributed by atoms with Crippen LogP contribution in [-0.2, 0) is 22.3 Å². The second kappa shape index (κ2) is 23.3. The van der Waals surface area contributed by atoms with E-state index in [0.29, 0.717) is 80.3 Å². The van der Waals surface area contributed by atoms with Crippen molar-refractivity contribution in [1.29, 1.82) is 0 Å². The second-order valence-electron chi connectivity index (χ2n) is 11.8. The van der Waals surface area contributed by atoms with Crippen LogP contribution in [0.25, 0.3) is 22.3 Å². The molecule has 0 aromatic heterocycles. The maximum atomic E-state index is 15.2. The lowest BCUT2D eigenvalue weighted by molar-refractivity contribution is 0.0939. The Balaban J connectivity index is 1.97. The van der Waals surface area contributed by atoms with E-state index in [1.165, 1.54) is 0 Å². The number of carbonyl (C=O) groups excluding carboxylic acids is 1. The van der Waals surface area contributed by atoms with E-state index < -0.39 is 0 Å². The number of hydrogen-bond acceptors (Lipinski definition) is 13. The van der Waals surface area contributed by atoms with E-state index in [-0.39, 0.29) is 98.3 Å². The lowest BCUT2D eigenvalue weighted by atomic mass is 9.84.